The van der Waals surface area contributed by atoms with Gasteiger partial charge in [0.1, 0.15) is 17.7 Å². The van der Waals surface area contributed by atoms with Gasteiger partial charge in [-0.1, -0.05) is 0 Å². The molecule has 0 aliphatic carbocycles. The lowest BCUT2D eigenvalue weighted by atomic mass is 10.1. The maximum absolute atomic E-state index is 12.8. The Bertz CT molecular complexity index is 394. The molecular weight excluding hydrogens is 213 g/mol. The zero-order valence-corrected chi connectivity index (χ0v) is 7.55. The molecule has 1 aromatic rings. The number of hydrogen-bond donors (Lipinski definition) is 1. The monoisotopic (exact) mass is 217 g/mol. The predicted octanol–water partition coefficient (Wildman–Crippen LogP) is 1.24. The topological polar surface area (TPSA) is 69.4 Å². The van der Waals surface area contributed by atoms with Crippen LogP contribution in [-0.2, 0) is 4.29 Å². The summed E-state index contributed by atoms with van der Waals surface area (Å²) in [5.74, 6) is -2.56. The Morgan fingerprint density at radius 3 is 2.36 bits per heavy atom. The standard InChI is InChI=1S/C8H5ClFNO3/c9-14-8(13)5-1-4(7(11)12)2-6(10)3-5/h1-3H,(H2,11,12). The molecule has 14 heavy (non-hydrogen) atoms. The summed E-state index contributed by atoms with van der Waals surface area (Å²) < 4.78 is 16.7. The van der Waals surface area contributed by atoms with Gasteiger partial charge in [0.15, 0.2) is 0 Å². The number of carbonyl (C=O) groups is 2. The van der Waals surface area contributed by atoms with E-state index in [1.54, 1.807) is 0 Å². The SMILES string of the molecule is NC(=O)c1cc(F)cc(C(=O)OCl)c1. The Morgan fingerprint density at radius 1 is 1.29 bits per heavy atom. The molecule has 2 N–H and O–H groups in total. The minimum Gasteiger partial charge on any atom is -0.366 e. The van der Waals surface area contributed by atoms with Crippen molar-refractivity contribution in [3.63, 3.8) is 0 Å². The molecule has 0 aliphatic heterocycles. The van der Waals surface area contributed by atoms with Gasteiger partial charge in [-0.3, -0.25) is 4.79 Å². The van der Waals surface area contributed by atoms with E-state index in [2.05, 4.69) is 4.29 Å². The van der Waals surface area contributed by atoms with Crippen LogP contribution >= 0.6 is 11.9 Å². The number of amides is 1. The average Bonchev–Trinajstić information content (AvgIpc) is 2.15. The van der Waals surface area contributed by atoms with Crippen molar-refractivity contribution in [2.75, 3.05) is 0 Å². The molecule has 1 rings (SSSR count). The summed E-state index contributed by atoms with van der Waals surface area (Å²) in [6.45, 7) is 0. The Morgan fingerprint density at radius 2 is 1.86 bits per heavy atom. The fraction of sp³-hybridized carbons (Fsp3) is 0. The van der Waals surface area contributed by atoms with Gasteiger partial charge in [-0.2, -0.15) is 0 Å². The van der Waals surface area contributed by atoms with Gasteiger partial charge in [0.05, 0.1) is 5.56 Å². The van der Waals surface area contributed by atoms with Gasteiger partial charge in [0, 0.05) is 5.56 Å². The van der Waals surface area contributed by atoms with Gasteiger partial charge < -0.3 is 10.0 Å². The lowest BCUT2D eigenvalue weighted by molar-refractivity contribution is 0.0751. The highest BCUT2D eigenvalue weighted by atomic mass is 35.5. The minimum atomic E-state index is -0.950. The van der Waals surface area contributed by atoms with Gasteiger partial charge >= 0.3 is 5.97 Å². The second-order valence-electron chi connectivity index (χ2n) is 2.46. The zero-order chi connectivity index (χ0) is 10.7. The second kappa shape index (κ2) is 4.06. The van der Waals surface area contributed by atoms with Crippen molar-refractivity contribution in [1.82, 2.24) is 0 Å². The zero-order valence-electron chi connectivity index (χ0n) is 6.79. The molecule has 1 amide bonds. The van der Waals surface area contributed by atoms with E-state index in [9.17, 15) is 14.0 Å². The van der Waals surface area contributed by atoms with Gasteiger partial charge in [0.25, 0.3) is 0 Å². The van der Waals surface area contributed by atoms with E-state index in [1.807, 2.05) is 0 Å². The minimum absolute atomic E-state index is 0.123. The van der Waals surface area contributed by atoms with Crippen molar-refractivity contribution in [1.29, 1.82) is 0 Å². The molecule has 0 radical (unpaired) electrons. The molecule has 0 aromatic heterocycles. The number of nitrogens with two attached hydrogens (primary N) is 1. The van der Waals surface area contributed by atoms with Crippen molar-refractivity contribution in [2.45, 2.75) is 0 Å². The fourth-order valence-corrected chi connectivity index (χ4v) is 0.983. The molecule has 0 fully saturated rings. The molecule has 74 valence electrons. The molecule has 6 heteroatoms. The third-order valence-electron chi connectivity index (χ3n) is 1.49. The largest absolute Gasteiger partial charge is 0.366 e. The third kappa shape index (κ3) is 2.20. The molecule has 0 saturated carbocycles. The number of halogens is 2. The van der Waals surface area contributed by atoms with Crippen LogP contribution in [0, 0.1) is 5.82 Å². The molecule has 0 spiro atoms. The Balaban J connectivity index is 3.20. The molecule has 0 bridgehead atoms. The highest BCUT2D eigenvalue weighted by molar-refractivity contribution is 6.16. The van der Waals surface area contributed by atoms with E-state index in [-0.39, 0.29) is 11.1 Å². The van der Waals surface area contributed by atoms with Crippen LogP contribution in [-0.4, -0.2) is 11.9 Å². The first-order valence-corrected chi connectivity index (χ1v) is 3.78. The molecule has 0 atom stereocenters. The summed E-state index contributed by atoms with van der Waals surface area (Å²) >= 11 is 4.78. The van der Waals surface area contributed by atoms with Crippen LogP contribution in [0.3, 0.4) is 0 Å². The van der Waals surface area contributed by atoms with Gasteiger partial charge in [-0.25, -0.2) is 9.18 Å². The summed E-state index contributed by atoms with van der Waals surface area (Å²) in [4.78, 5) is 21.6. The summed E-state index contributed by atoms with van der Waals surface area (Å²) in [6, 6.07) is 2.89. The van der Waals surface area contributed by atoms with E-state index in [0.29, 0.717) is 0 Å². The fourth-order valence-electron chi connectivity index (χ4n) is 0.894. The van der Waals surface area contributed by atoms with Gasteiger partial charge in [-0.15, -0.1) is 0 Å². The molecule has 4 nitrogen and oxygen atoms in total. The normalized spacial score (nSPS) is 9.57. The number of benzene rings is 1. The number of primary amides is 1. The van der Waals surface area contributed by atoms with Crippen molar-refractivity contribution < 1.29 is 18.3 Å². The smallest absolute Gasteiger partial charge is 0.356 e. The van der Waals surface area contributed by atoms with Crippen LogP contribution < -0.4 is 5.73 Å². The van der Waals surface area contributed by atoms with Crippen molar-refractivity contribution >= 4 is 23.7 Å². The quantitative estimate of drug-likeness (QED) is 0.810. The number of carbonyl (C=O) groups excluding carboxylic acids is 2. The van der Waals surface area contributed by atoms with Crippen LogP contribution in [0.1, 0.15) is 20.7 Å². The van der Waals surface area contributed by atoms with E-state index in [4.69, 9.17) is 17.6 Å². The molecule has 1 aromatic carbocycles. The first-order chi connectivity index (χ1) is 6.54. The van der Waals surface area contributed by atoms with Gasteiger partial charge in [0.2, 0.25) is 5.91 Å². The van der Waals surface area contributed by atoms with E-state index >= 15 is 0 Å². The Kier molecular flexibility index (Phi) is 3.03. The second-order valence-corrected chi connectivity index (χ2v) is 2.61. The molecule has 0 unspecified atom stereocenters. The maximum Gasteiger partial charge on any atom is 0.356 e. The Labute approximate surface area is 83.6 Å². The summed E-state index contributed by atoms with van der Waals surface area (Å²) in [5, 5.41) is 0. The van der Waals surface area contributed by atoms with Crippen molar-refractivity contribution in [2.24, 2.45) is 5.73 Å². The van der Waals surface area contributed by atoms with Crippen LogP contribution in [0.5, 0.6) is 0 Å². The number of rotatable bonds is 2. The molecule has 0 aliphatic rings. The van der Waals surface area contributed by atoms with Crippen LogP contribution in [0.15, 0.2) is 18.2 Å². The average molecular weight is 218 g/mol. The Hall–Kier alpha value is -1.62. The first-order valence-electron chi connectivity index (χ1n) is 3.48. The molecular formula is C8H5ClFNO3. The summed E-state index contributed by atoms with van der Waals surface area (Å²) in [7, 11) is 0. The number of hydrogen-bond acceptors (Lipinski definition) is 3. The highest BCUT2D eigenvalue weighted by Crippen LogP contribution is 2.10. The lowest BCUT2D eigenvalue weighted by Gasteiger charge is -2.00. The van der Waals surface area contributed by atoms with E-state index < -0.39 is 17.7 Å². The lowest BCUT2D eigenvalue weighted by Crippen LogP contribution is -2.12. The first kappa shape index (κ1) is 10.5. The predicted molar refractivity (Wildman–Crippen MR) is 46.2 cm³/mol. The maximum atomic E-state index is 12.8. The molecule has 0 heterocycles. The highest BCUT2D eigenvalue weighted by Gasteiger charge is 2.12. The summed E-state index contributed by atoms with van der Waals surface area (Å²) in [5.41, 5.74) is 4.61. The van der Waals surface area contributed by atoms with Crippen LogP contribution in [0.25, 0.3) is 0 Å². The van der Waals surface area contributed by atoms with Crippen molar-refractivity contribution in [3.05, 3.63) is 35.1 Å². The van der Waals surface area contributed by atoms with Gasteiger partial charge in [-0.05, 0) is 18.2 Å². The van der Waals surface area contributed by atoms with Crippen LogP contribution in [0.4, 0.5) is 4.39 Å². The van der Waals surface area contributed by atoms with E-state index in [1.165, 1.54) is 0 Å². The van der Waals surface area contributed by atoms with Crippen LogP contribution in [0.2, 0.25) is 0 Å². The van der Waals surface area contributed by atoms with E-state index in [0.717, 1.165) is 18.2 Å². The molecule has 0 saturated heterocycles. The third-order valence-corrected chi connectivity index (χ3v) is 1.63. The van der Waals surface area contributed by atoms with Crippen molar-refractivity contribution in [3.8, 4) is 0 Å². The summed E-state index contributed by atoms with van der Waals surface area (Å²) in [6.07, 6.45) is 0.